The van der Waals surface area contributed by atoms with Gasteiger partial charge in [-0.1, -0.05) is 0 Å². The Labute approximate surface area is 137 Å². The van der Waals surface area contributed by atoms with Crippen LogP contribution in [0.15, 0.2) is 24.3 Å². The van der Waals surface area contributed by atoms with Gasteiger partial charge in [0.1, 0.15) is 18.2 Å². The molecule has 2 aliphatic heterocycles. The molecule has 2 atom stereocenters. The van der Waals surface area contributed by atoms with E-state index in [9.17, 15) is 9.18 Å². The molecule has 0 unspecified atom stereocenters. The molecule has 5 heteroatoms. The van der Waals surface area contributed by atoms with Crippen molar-refractivity contribution in [1.29, 1.82) is 0 Å². The van der Waals surface area contributed by atoms with E-state index in [1.165, 1.54) is 12.1 Å². The fourth-order valence-corrected chi connectivity index (χ4v) is 3.79. The maximum Gasteiger partial charge on any atom is 0.222 e. The van der Waals surface area contributed by atoms with Crippen molar-refractivity contribution in [3.05, 3.63) is 30.1 Å². The van der Waals surface area contributed by atoms with Gasteiger partial charge >= 0.3 is 0 Å². The van der Waals surface area contributed by atoms with Crippen LogP contribution in [-0.2, 0) is 4.79 Å². The number of carbonyl (C=O) groups is 1. The zero-order valence-electron chi connectivity index (χ0n) is 13.7. The first-order chi connectivity index (χ1) is 11.1. The lowest BCUT2D eigenvalue weighted by Gasteiger charge is -2.41. The summed E-state index contributed by atoms with van der Waals surface area (Å²) in [4.78, 5) is 16.4. The Morgan fingerprint density at radius 1 is 1.26 bits per heavy atom. The zero-order valence-corrected chi connectivity index (χ0v) is 13.7. The Balaban J connectivity index is 1.47. The van der Waals surface area contributed by atoms with Crippen molar-refractivity contribution in [3.8, 4) is 5.75 Å². The van der Waals surface area contributed by atoms with Gasteiger partial charge in [0.25, 0.3) is 0 Å². The summed E-state index contributed by atoms with van der Waals surface area (Å²) in [6.07, 6.45) is 3.88. The van der Waals surface area contributed by atoms with Gasteiger partial charge in [-0.05, 0) is 49.4 Å². The highest BCUT2D eigenvalue weighted by Crippen LogP contribution is 2.29. The summed E-state index contributed by atoms with van der Waals surface area (Å²) in [7, 11) is 1.96. The molecule has 0 N–H and O–H groups in total. The summed E-state index contributed by atoms with van der Waals surface area (Å²) in [5.74, 6) is 1.34. The van der Waals surface area contributed by atoms with Gasteiger partial charge in [-0.15, -0.1) is 0 Å². The molecule has 1 aromatic rings. The van der Waals surface area contributed by atoms with Gasteiger partial charge in [0.05, 0.1) is 0 Å². The summed E-state index contributed by atoms with van der Waals surface area (Å²) in [6.45, 7) is 3.52. The van der Waals surface area contributed by atoms with Crippen LogP contribution >= 0.6 is 0 Å². The third-order valence-electron chi connectivity index (χ3n) is 5.12. The van der Waals surface area contributed by atoms with Crippen LogP contribution in [0, 0.1) is 11.7 Å². The Kier molecular flexibility index (Phi) is 5.16. The normalized spacial score (nSPS) is 25.8. The topological polar surface area (TPSA) is 32.8 Å². The Bertz CT molecular complexity index is 534. The molecule has 0 bridgehead atoms. The molecular weight excluding hydrogens is 295 g/mol. The first-order valence-electron chi connectivity index (χ1n) is 8.50. The molecule has 2 saturated heterocycles. The molecule has 0 spiro atoms. The highest BCUT2D eigenvalue weighted by molar-refractivity contribution is 5.76. The van der Waals surface area contributed by atoms with Crippen LogP contribution in [0.3, 0.4) is 0 Å². The predicted molar refractivity (Wildman–Crippen MR) is 86.9 cm³/mol. The first kappa shape index (κ1) is 16.2. The van der Waals surface area contributed by atoms with Gasteiger partial charge in [0, 0.05) is 39.1 Å². The molecule has 23 heavy (non-hydrogen) atoms. The van der Waals surface area contributed by atoms with Gasteiger partial charge in [-0.25, -0.2) is 4.39 Å². The predicted octanol–water partition coefficient (Wildman–Crippen LogP) is 2.54. The largest absolute Gasteiger partial charge is 0.492 e. The van der Waals surface area contributed by atoms with Crippen molar-refractivity contribution in [2.75, 3.05) is 33.3 Å². The van der Waals surface area contributed by atoms with Crippen LogP contribution in [0.1, 0.15) is 25.7 Å². The maximum atomic E-state index is 12.9. The number of ether oxygens (including phenoxy) is 1. The average molecular weight is 320 g/mol. The number of hydrogen-bond acceptors (Lipinski definition) is 3. The lowest BCUT2D eigenvalue weighted by Crippen LogP contribution is -2.50. The molecule has 0 aromatic heterocycles. The molecule has 2 aliphatic rings. The number of benzene rings is 1. The minimum atomic E-state index is -0.244. The summed E-state index contributed by atoms with van der Waals surface area (Å²) in [6, 6.07) is 6.55. The van der Waals surface area contributed by atoms with E-state index in [1.54, 1.807) is 12.1 Å². The van der Waals surface area contributed by atoms with E-state index in [1.807, 2.05) is 11.9 Å². The Morgan fingerprint density at radius 3 is 2.83 bits per heavy atom. The van der Waals surface area contributed by atoms with E-state index in [4.69, 9.17) is 4.74 Å². The standard InChI is InChI=1S/C18H25FN2O2/c1-20-17-9-10-21(13-14(17)3-2-4-18(20)22)11-12-23-16-7-5-15(19)6-8-16/h5-8,14,17H,2-4,9-13H2,1H3/t14-,17+/m0/s1. The third kappa shape index (κ3) is 4.02. The van der Waals surface area contributed by atoms with Crippen molar-refractivity contribution in [1.82, 2.24) is 9.80 Å². The quantitative estimate of drug-likeness (QED) is 0.855. The molecule has 0 radical (unpaired) electrons. The Hall–Kier alpha value is -1.62. The van der Waals surface area contributed by atoms with Crippen LogP contribution in [-0.4, -0.2) is 55.0 Å². The summed E-state index contributed by atoms with van der Waals surface area (Å²) >= 11 is 0. The van der Waals surface area contributed by atoms with Crippen molar-refractivity contribution in [2.45, 2.75) is 31.7 Å². The van der Waals surface area contributed by atoms with E-state index < -0.39 is 0 Å². The number of carbonyl (C=O) groups excluding carboxylic acids is 1. The van der Waals surface area contributed by atoms with Gasteiger partial charge in [0.2, 0.25) is 5.91 Å². The van der Waals surface area contributed by atoms with Crippen LogP contribution in [0.5, 0.6) is 5.75 Å². The zero-order chi connectivity index (χ0) is 16.2. The van der Waals surface area contributed by atoms with Crippen LogP contribution in [0.2, 0.25) is 0 Å². The van der Waals surface area contributed by atoms with Crippen LogP contribution < -0.4 is 4.74 Å². The number of nitrogens with zero attached hydrogens (tertiary/aromatic N) is 2. The van der Waals surface area contributed by atoms with Crippen LogP contribution in [0.25, 0.3) is 0 Å². The maximum absolute atomic E-state index is 12.9. The van der Waals surface area contributed by atoms with Gasteiger partial charge < -0.3 is 9.64 Å². The second kappa shape index (κ2) is 7.30. The Morgan fingerprint density at radius 2 is 2.04 bits per heavy atom. The highest BCUT2D eigenvalue weighted by Gasteiger charge is 2.35. The number of piperidine rings is 1. The van der Waals surface area contributed by atoms with E-state index in [0.717, 1.165) is 38.9 Å². The van der Waals surface area contributed by atoms with E-state index in [2.05, 4.69) is 4.90 Å². The molecule has 2 heterocycles. The number of fused-ring (bicyclic) bond motifs is 1. The molecule has 3 rings (SSSR count). The van der Waals surface area contributed by atoms with Gasteiger partial charge in [-0.2, -0.15) is 0 Å². The molecule has 0 saturated carbocycles. The number of amides is 1. The first-order valence-corrected chi connectivity index (χ1v) is 8.50. The smallest absolute Gasteiger partial charge is 0.222 e. The number of hydrogen-bond donors (Lipinski definition) is 0. The summed E-state index contributed by atoms with van der Waals surface area (Å²) < 4.78 is 18.5. The van der Waals surface area contributed by atoms with Gasteiger partial charge in [0.15, 0.2) is 0 Å². The number of halogens is 1. The minimum absolute atomic E-state index is 0.244. The van der Waals surface area contributed by atoms with Crippen molar-refractivity contribution >= 4 is 5.91 Å². The molecule has 1 amide bonds. The van der Waals surface area contributed by atoms with Gasteiger partial charge in [-0.3, -0.25) is 9.69 Å². The molecule has 1 aromatic carbocycles. The number of rotatable bonds is 4. The SMILES string of the molecule is CN1C(=O)CCC[C@H]2CN(CCOc3ccc(F)cc3)CC[C@H]21. The monoisotopic (exact) mass is 320 g/mol. The van der Waals surface area contributed by atoms with Crippen LogP contribution in [0.4, 0.5) is 4.39 Å². The van der Waals surface area contributed by atoms with E-state index in [0.29, 0.717) is 36.6 Å². The van der Waals surface area contributed by atoms with E-state index >= 15 is 0 Å². The fourth-order valence-electron chi connectivity index (χ4n) is 3.79. The second-order valence-corrected chi connectivity index (χ2v) is 6.62. The van der Waals surface area contributed by atoms with Crippen molar-refractivity contribution in [3.63, 3.8) is 0 Å². The molecule has 4 nitrogen and oxygen atoms in total. The van der Waals surface area contributed by atoms with E-state index in [-0.39, 0.29) is 5.82 Å². The molecule has 2 fully saturated rings. The fraction of sp³-hybridized carbons (Fsp3) is 0.611. The minimum Gasteiger partial charge on any atom is -0.492 e. The summed E-state index contributed by atoms with van der Waals surface area (Å²) in [5.41, 5.74) is 0. The average Bonchev–Trinajstić information content (AvgIpc) is 2.69. The highest BCUT2D eigenvalue weighted by atomic mass is 19.1. The molecular formula is C18H25FN2O2. The lowest BCUT2D eigenvalue weighted by atomic mass is 9.88. The molecule has 0 aliphatic carbocycles. The lowest BCUT2D eigenvalue weighted by molar-refractivity contribution is -0.132. The number of likely N-dealkylation sites (tertiary alicyclic amines) is 2. The molecule has 126 valence electrons. The summed E-state index contributed by atoms with van der Waals surface area (Å²) in [5, 5.41) is 0. The third-order valence-corrected chi connectivity index (χ3v) is 5.12. The second-order valence-electron chi connectivity index (χ2n) is 6.62. The van der Waals surface area contributed by atoms with Crippen molar-refractivity contribution in [2.24, 2.45) is 5.92 Å². The van der Waals surface area contributed by atoms with Crippen molar-refractivity contribution < 1.29 is 13.9 Å².